The monoisotopic (exact) mass is 317 g/mol. The molecule has 5 nitrogen and oxygen atoms in total. The highest BCUT2D eigenvalue weighted by Gasteiger charge is 2.16. The van der Waals surface area contributed by atoms with E-state index in [1.807, 2.05) is 12.1 Å². The minimum atomic E-state index is -1.10. The van der Waals surface area contributed by atoms with Crippen molar-refractivity contribution < 1.29 is 19.4 Å². The molecule has 0 saturated heterocycles. The van der Waals surface area contributed by atoms with E-state index in [9.17, 15) is 9.59 Å². The van der Waals surface area contributed by atoms with Crippen molar-refractivity contribution >= 4 is 35.2 Å². The quantitative estimate of drug-likeness (QED) is 0.764. The Hall–Kier alpha value is -1.24. The van der Waals surface area contributed by atoms with Crippen molar-refractivity contribution in [2.45, 2.75) is 11.9 Å². The van der Waals surface area contributed by atoms with Gasteiger partial charge in [0, 0.05) is 17.9 Å². The molecular weight excluding hydrogens is 302 g/mol. The molecule has 0 radical (unpaired) electrons. The summed E-state index contributed by atoms with van der Waals surface area (Å²) in [6.07, 6.45) is -1.01. The molecule has 20 heavy (non-hydrogen) atoms. The van der Waals surface area contributed by atoms with Gasteiger partial charge in [-0.05, 0) is 17.7 Å². The van der Waals surface area contributed by atoms with Gasteiger partial charge < -0.3 is 15.2 Å². The van der Waals surface area contributed by atoms with Gasteiger partial charge in [-0.3, -0.25) is 4.79 Å². The Labute approximate surface area is 126 Å². The van der Waals surface area contributed by atoms with E-state index in [2.05, 4.69) is 5.32 Å². The van der Waals surface area contributed by atoms with Gasteiger partial charge in [0.15, 0.2) is 6.10 Å². The molecule has 0 aliphatic carbocycles. The second kappa shape index (κ2) is 8.84. The van der Waals surface area contributed by atoms with Crippen molar-refractivity contribution in [3.8, 4) is 0 Å². The van der Waals surface area contributed by atoms with Crippen LogP contribution in [-0.4, -0.2) is 42.5 Å². The van der Waals surface area contributed by atoms with Crippen LogP contribution < -0.4 is 5.32 Å². The highest BCUT2D eigenvalue weighted by atomic mass is 35.5. The van der Waals surface area contributed by atoms with Gasteiger partial charge in [-0.25, -0.2) is 4.79 Å². The number of hydrogen-bond donors (Lipinski definition) is 2. The Morgan fingerprint density at radius 1 is 1.40 bits per heavy atom. The molecule has 7 heteroatoms. The molecule has 2 N–H and O–H groups in total. The smallest absolute Gasteiger partial charge is 0.334 e. The van der Waals surface area contributed by atoms with E-state index in [0.717, 1.165) is 5.56 Å². The van der Waals surface area contributed by atoms with E-state index in [4.69, 9.17) is 21.4 Å². The SMILES string of the molecule is COC(CNC(=O)CSCc1ccc(Cl)cc1)C(=O)O. The normalized spacial score (nSPS) is 11.9. The topological polar surface area (TPSA) is 75.6 Å². The fraction of sp³-hybridized carbons (Fsp3) is 0.385. The Morgan fingerprint density at radius 3 is 2.60 bits per heavy atom. The van der Waals surface area contributed by atoms with Crippen LogP contribution in [0.2, 0.25) is 5.02 Å². The van der Waals surface area contributed by atoms with E-state index in [1.54, 1.807) is 12.1 Å². The molecule has 110 valence electrons. The summed E-state index contributed by atoms with van der Waals surface area (Å²) in [5.41, 5.74) is 1.08. The predicted octanol–water partition coefficient (Wildman–Crippen LogP) is 1.79. The Morgan fingerprint density at radius 2 is 2.05 bits per heavy atom. The minimum absolute atomic E-state index is 0.0355. The molecule has 1 aromatic rings. The lowest BCUT2D eigenvalue weighted by Crippen LogP contribution is -2.38. The lowest BCUT2D eigenvalue weighted by Gasteiger charge is -2.11. The lowest BCUT2D eigenvalue weighted by molar-refractivity contribution is -0.148. The number of nitrogens with one attached hydrogen (secondary N) is 1. The van der Waals surface area contributed by atoms with E-state index in [0.29, 0.717) is 10.8 Å². The number of methoxy groups -OCH3 is 1. The maximum atomic E-state index is 11.5. The molecule has 0 fully saturated rings. The molecule has 0 aromatic heterocycles. The highest BCUT2D eigenvalue weighted by molar-refractivity contribution is 7.99. The molecule has 0 saturated carbocycles. The van der Waals surface area contributed by atoms with Gasteiger partial charge in [-0.15, -0.1) is 11.8 Å². The van der Waals surface area contributed by atoms with Gasteiger partial charge >= 0.3 is 5.97 Å². The zero-order valence-corrected chi connectivity index (χ0v) is 12.5. The number of hydrogen-bond acceptors (Lipinski definition) is 4. The van der Waals surface area contributed by atoms with Gasteiger partial charge in [0.2, 0.25) is 5.91 Å². The molecule has 1 rings (SSSR count). The van der Waals surface area contributed by atoms with Crippen LogP contribution in [0.1, 0.15) is 5.56 Å². The van der Waals surface area contributed by atoms with Crippen molar-refractivity contribution in [3.05, 3.63) is 34.9 Å². The minimum Gasteiger partial charge on any atom is -0.479 e. The standard InChI is InChI=1S/C13H16ClNO4S/c1-19-11(13(17)18)6-15-12(16)8-20-7-9-2-4-10(14)5-3-9/h2-5,11H,6-8H2,1H3,(H,15,16)(H,17,18). The average molecular weight is 318 g/mol. The summed E-state index contributed by atoms with van der Waals surface area (Å²) in [7, 11) is 1.29. The number of halogens is 1. The first-order chi connectivity index (χ1) is 9.52. The van der Waals surface area contributed by atoms with Gasteiger partial charge in [-0.1, -0.05) is 23.7 Å². The molecule has 1 unspecified atom stereocenters. The van der Waals surface area contributed by atoms with Gasteiger partial charge in [0.1, 0.15) is 0 Å². The largest absolute Gasteiger partial charge is 0.479 e. The zero-order chi connectivity index (χ0) is 15.0. The molecule has 1 aromatic carbocycles. The fourth-order valence-corrected chi connectivity index (χ4v) is 2.31. The maximum Gasteiger partial charge on any atom is 0.334 e. The fourth-order valence-electron chi connectivity index (χ4n) is 1.37. The Bertz CT molecular complexity index is 452. The van der Waals surface area contributed by atoms with Crippen LogP contribution in [0.5, 0.6) is 0 Å². The van der Waals surface area contributed by atoms with Gasteiger partial charge in [-0.2, -0.15) is 0 Å². The number of carboxylic acid groups (broad SMARTS) is 1. The predicted molar refractivity (Wildman–Crippen MR) is 79.1 cm³/mol. The lowest BCUT2D eigenvalue weighted by atomic mass is 10.2. The molecular formula is C13H16ClNO4S. The van der Waals surface area contributed by atoms with Gasteiger partial charge in [0.05, 0.1) is 12.3 Å². The maximum absolute atomic E-state index is 11.5. The van der Waals surface area contributed by atoms with E-state index in [-0.39, 0.29) is 18.2 Å². The third-order valence-corrected chi connectivity index (χ3v) is 3.72. The number of carbonyl (C=O) groups excluding carboxylic acids is 1. The van der Waals surface area contributed by atoms with Crippen LogP contribution in [0.4, 0.5) is 0 Å². The van der Waals surface area contributed by atoms with Crippen LogP contribution in [0.3, 0.4) is 0 Å². The zero-order valence-electron chi connectivity index (χ0n) is 11.0. The van der Waals surface area contributed by atoms with Crippen molar-refractivity contribution in [2.75, 3.05) is 19.4 Å². The Kier molecular flexibility index (Phi) is 7.43. The molecule has 0 aliphatic rings. The molecule has 0 aliphatic heterocycles. The molecule has 0 spiro atoms. The van der Waals surface area contributed by atoms with Gasteiger partial charge in [0.25, 0.3) is 0 Å². The van der Waals surface area contributed by atoms with Crippen molar-refractivity contribution in [1.82, 2.24) is 5.32 Å². The summed E-state index contributed by atoms with van der Waals surface area (Å²) < 4.78 is 4.71. The van der Waals surface area contributed by atoms with Crippen molar-refractivity contribution in [2.24, 2.45) is 0 Å². The summed E-state index contributed by atoms with van der Waals surface area (Å²) in [6, 6.07) is 7.40. The first-order valence-electron chi connectivity index (χ1n) is 5.87. The third kappa shape index (κ3) is 6.27. The molecule has 1 amide bonds. The number of benzene rings is 1. The van der Waals surface area contributed by atoms with Crippen LogP contribution in [0, 0.1) is 0 Å². The number of rotatable bonds is 8. The summed E-state index contributed by atoms with van der Waals surface area (Å²) in [5.74, 6) is -0.357. The average Bonchev–Trinajstić information content (AvgIpc) is 2.41. The van der Waals surface area contributed by atoms with Crippen LogP contribution in [0.15, 0.2) is 24.3 Å². The highest BCUT2D eigenvalue weighted by Crippen LogP contribution is 2.15. The number of carboxylic acids is 1. The van der Waals surface area contributed by atoms with Crippen molar-refractivity contribution in [1.29, 1.82) is 0 Å². The number of aliphatic carboxylic acids is 1. The van der Waals surface area contributed by atoms with E-state index < -0.39 is 12.1 Å². The van der Waals surface area contributed by atoms with Crippen LogP contribution in [-0.2, 0) is 20.1 Å². The summed E-state index contributed by atoms with van der Waals surface area (Å²) in [6.45, 7) is -0.0355. The number of amides is 1. The van der Waals surface area contributed by atoms with E-state index >= 15 is 0 Å². The summed E-state index contributed by atoms with van der Waals surface area (Å²) in [4.78, 5) is 22.2. The Balaban J connectivity index is 2.23. The third-order valence-electron chi connectivity index (χ3n) is 2.46. The van der Waals surface area contributed by atoms with Crippen molar-refractivity contribution in [3.63, 3.8) is 0 Å². The number of thioether (sulfide) groups is 1. The second-order valence-electron chi connectivity index (χ2n) is 3.99. The first-order valence-corrected chi connectivity index (χ1v) is 7.40. The second-order valence-corrected chi connectivity index (χ2v) is 5.41. The number of ether oxygens (including phenoxy) is 1. The van der Waals surface area contributed by atoms with Crippen LogP contribution >= 0.6 is 23.4 Å². The summed E-state index contributed by atoms with van der Waals surface area (Å²) in [5, 5.41) is 11.9. The van der Waals surface area contributed by atoms with Crippen LogP contribution in [0.25, 0.3) is 0 Å². The molecule has 0 bridgehead atoms. The summed E-state index contributed by atoms with van der Waals surface area (Å²) >= 11 is 7.22. The number of carbonyl (C=O) groups is 2. The molecule has 0 heterocycles. The van der Waals surface area contributed by atoms with E-state index in [1.165, 1.54) is 18.9 Å². The first kappa shape index (κ1) is 16.8. The molecule has 1 atom stereocenters.